The second kappa shape index (κ2) is 7.79. The molecule has 0 amide bonds. The zero-order valence-electron chi connectivity index (χ0n) is 13.6. The first kappa shape index (κ1) is 16.3. The average Bonchev–Trinajstić information content (AvgIpc) is 2.62. The van der Waals surface area contributed by atoms with Crippen molar-refractivity contribution in [1.82, 2.24) is 4.90 Å². The van der Waals surface area contributed by atoms with Crippen molar-refractivity contribution >= 4 is 17.7 Å². The number of benzene rings is 2. The lowest BCUT2D eigenvalue weighted by Gasteiger charge is -2.36. The van der Waals surface area contributed by atoms with E-state index in [1.807, 2.05) is 24.3 Å². The van der Waals surface area contributed by atoms with Crippen molar-refractivity contribution in [3.8, 4) is 0 Å². The van der Waals surface area contributed by atoms with Crippen LogP contribution in [0.5, 0.6) is 0 Å². The monoisotopic (exact) mass is 322 g/mol. The first-order chi connectivity index (χ1) is 11.7. The van der Waals surface area contributed by atoms with E-state index >= 15 is 0 Å². The number of hydrogen-bond acceptors (Lipinski definition) is 3. The SMILES string of the molecule is O=C(O)/C=C/c1ccccc1CN1CCN(c2ccccc2)CC1. The van der Waals surface area contributed by atoms with E-state index in [1.165, 1.54) is 17.3 Å². The fraction of sp³-hybridized carbons (Fsp3) is 0.250. The van der Waals surface area contributed by atoms with E-state index in [4.69, 9.17) is 5.11 Å². The Morgan fingerprint density at radius 2 is 1.62 bits per heavy atom. The molecule has 0 bridgehead atoms. The van der Waals surface area contributed by atoms with E-state index in [0.717, 1.165) is 38.3 Å². The highest BCUT2D eigenvalue weighted by atomic mass is 16.4. The summed E-state index contributed by atoms with van der Waals surface area (Å²) < 4.78 is 0. The second-order valence-electron chi connectivity index (χ2n) is 5.97. The molecule has 0 radical (unpaired) electrons. The predicted octanol–water partition coefficient (Wildman–Crippen LogP) is 3.11. The second-order valence-corrected chi connectivity index (χ2v) is 5.97. The highest BCUT2D eigenvalue weighted by Gasteiger charge is 2.17. The van der Waals surface area contributed by atoms with E-state index in [9.17, 15) is 4.79 Å². The highest BCUT2D eigenvalue weighted by Crippen LogP contribution is 2.18. The Kier molecular flexibility index (Phi) is 5.29. The molecule has 0 spiro atoms. The smallest absolute Gasteiger partial charge is 0.328 e. The molecule has 1 saturated heterocycles. The lowest BCUT2D eigenvalue weighted by molar-refractivity contribution is -0.131. The van der Waals surface area contributed by atoms with Crippen molar-refractivity contribution in [2.75, 3.05) is 31.1 Å². The van der Waals surface area contributed by atoms with Gasteiger partial charge >= 0.3 is 5.97 Å². The number of carboxylic acids is 1. The van der Waals surface area contributed by atoms with Gasteiger partial charge in [-0.25, -0.2) is 4.79 Å². The van der Waals surface area contributed by atoms with Crippen molar-refractivity contribution in [2.45, 2.75) is 6.54 Å². The molecule has 3 rings (SSSR count). The average molecular weight is 322 g/mol. The molecule has 4 heteroatoms. The standard InChI is InChI=1S/C20H22N2O2/c23-20(24)11-10-17-6-4-5-7-18(17)16-21-12-14-22(15-13-21)19-8-2-1-3-9-19/h1-11H,12-16H2,(H,23,24)/b11-10+. The van der Waals surface area contributed by atoms with Crippen LogP contribution in [0, 0.1) is 0 Å². The summed E-state index contributed by atoms with van der Waals surface area (Å²) in [5.74, 6) is -0.915. The maximum absolute atomic E-state index is 10.7. The molecule has 0 unspecified atom stereocenters. The van der Waals surface area contributed by atoms with Crippen LogP contribution >= 0.6 is 0 Å². The number of anilines is 1. The van der Waals surface area contributed by atoms with Gasteiger partial charge in [-0.1, -0.05) is 42.5 Å². The van der Waals surface area contributed by atoms with Gasteiger partial charge in [0.15, 0.2) is 0 Å². The van der Waals surface area contributed by atoms with Gasteiger partial charge in [0.05, 0.1) is 0 Å². The number of hydrogen-bond donors (Lipinski definition) is 1. The van der Waals surface area contributed by atoms with Crippen LogP contribution in [-0.2, 0) is 11.3 Å². The molecule has 2 aromatic carbocycles. The number of para-hydroxylation sites is 1. The van der Waals surface area contributed by atoms with E-state index < -0.39 is 5.97 Å². The summed E-state index contributed by atoms with van der Waals surface area (Å²) in [5, 5.41) is 8.82. The fourth-order valence-electron chi connectivity index (χ4n) is 3.05. The summed E-state index contributed by atoms with van der Waals surface area (Å²) >= 11 is 0. The quantitative estimate of drug-likeness (QED) is 0.859. The van der Waals surface area contributed by atoms with Crippen molar-refractivity contribution in [3.63, 3.8) is 0 Å². The fourth-order valence-corrected chi connectivity index (χ4v) is 3.05. The topological polar surface area (TPSA) is 43.8 Å². The maximum atomic E-state index is 10.7. The van der Waals surface area contributed by atoms with Crippen molar-refractivity contribution in [1.29, 1.82) is 0 Å². The maximum Gasteiger partial charge on any atom is 0.328 e. The van der Waals surface area contributed by atoms with Crippen LogP contribution < -0.4 is 4.90 Å². The van der Waals surface area contributed by atoms with Crippen molar-refractivity contribution < 1.29 is 9.90 Å². The molecule has 1 N–H and O–H groups in total. The van der Waals surface area contributed by atoms with Crippen LogP contribution in [0.25, 0.3) is 6.08 Å². The van der Waals surface area contributed by atoms with Gasteiger partial charge < -0.3 is 10.0 Å². The number of nitrogens with zero attached hydrogens (tertiary/aromatic N) is 2. The highest BCUT2D eigenvalue weighted by molar-refractivity contribution is 5.85. The predicted molar refractivity (Wildman–Crippen MR) is 97.0 cm³/mol. The third-order valence-electron chi connectivity index (χ3n) is 4.35. The molecule has 2 aromatic rings. The van der Waals surface area contributed by atoms with Crippen LogP contribution in [-0.4, -0.2) is 42.2 Å². The van der Waals surface area contributed by atoms with Gasteiger partial charge in [-0.15, -0.1) is 0 Å². The minimum atomic E-state index is -0.915. The summed E-state index contributed by atoms with van der Waals surface area (Å²) in [6.45, 7) is 4.88. The number of aliphatic carboxylic acids is 1. The van der Waals surface area contributed by atoms with Crippen LogP contribution in [0.4, 0.5) is 5.69 Å². The lowest BCUT2D eigenvalue weighted by Crippen LogP contribution is -2.46. The number of rotatable bonds is 5. The Labute approximate surface area is 142 Å². The van der Waals surface area contributed by atoms with Gasteiger partial charge in [-0.2, -0.15) is 0 Å². The lowest BCUT2D eigenvalue weighted by atomic mass is 10.1. The first-order valence-electron chi connectivity index (χ1n) is 8.23. The molecule has 1 fully saturated rings. The van der Waals surface area contributed by atoms with Gasteiger partial charge in [0.2, 0.25) is 0 Å². The zero-order chi connectivity index (χ0) is 16.8. The molecule has 1 aliphatic heterocycles. The third-order valence-corrected chi connectivity index (χ3v) is 4.35. The largest absolute Gasteiger partial charge is 0.478 e. The Morgan fingerprint density at radius 3 is 2.33 bits per heavy atom. The molecule has 0 atom stereocenters. The minimum absolute atomic E-state index is 0.850. The van der Waals surface area contributed by atoms with Gasteiger partial charge in [-0.3, -0.25) is 4.90 Å². The Hall–Kier alpha value is -2.59. The van der Waals surface area contributed by atoms with Crippen LogP contribution in [0.2, 0.25) is 0 Å². The summed E-state index contributed by atoms with van der Waals surface area (Å²) in [6.07, 6.45) is 2.88. The van der Waals surface area contributed by atoms with Crippen molar-refractivity contribution in [2.24, 2.45) is 0 Å². The summed E-state index contributed by atoms with van der Waals surface area (Å²) in [5.41, 5.74) is 3.43. The van der Waals surface area contributed by atoms with Crippen LogP contribution in [0.3, 0.4) is 0 Å². The van der Waals surface area contributed by atoms with E-state index in [1.54, 1.807) is 6.08 Å². The van der Waals surface area contributed by atoms with Crippen LogP contribution in [0.15, 0.2) is 60.7 Å². The number of carboxylic acid groups (broad SMARTS) is 1. The molecule has 124 valence electrons. The summed E-state index contributed by atoms with van der Waals surface area (Å²) in [7, 11) is 0. The molecule has 0 aromatic heterocycles. The molecule has 0 saturated carbocycles. The normalized spacial score (nSPS) is 15.8. The van der Waals surface area contributed by atoms with Gasteiger partial charge in [0.1, 0.15) is 0 Å². The van der Waals surface area contributed by atoms with E-state index in [2.05, 4.69) is 40.1 Å². The Bertz CT molecular complexity index is 705. The van der Waals surface area contributed by atoms with E-state index in [0.29, 0.717) is 0 Å². The first-order valence-corrected chi connectivity index (χ1v) is 8.23. The molecule has 1 aliphatic rings. The third kappa shape index (κ3) is 4.24. The molecule has 0 aliphatic carbocycles. The van der Waals surface area contributed by atoms with Gasteiger partial charge in [0, 0.05) is 44.5 Å². The summed E-state index contributed by atoms with van der Waals surface area (Å²) in [6, 6.07) is 18.5. The molecule has 24 heavy (non-hydrogen) atoms. The number of piperazine rings is 1. The Balaban J connectivity index is 1.61. The minimum Gasteiger partial charge on any atom is -0.478 e. The zero-order valence-corrected chi connectivity index (χ0v) is 13.6. The van der Waals surface area contributed by atoms with Crippen molar-refractivity contribution in [3.05, 3.63) is 71.8 Å². The van der Waals surface area contributed by atoms with Gasteiger partial charge in [0.25, 0.3) is 0 Å². The molecule has 1 heterocycles. The van der Waals surface area contributed by atoms with Crippen LogP contribution in [0.1, 0.15) is 11.1 Å². The number of carbonyl (C=O) groups is 1. The van der Waals surface area contributed by atoms with E-state index in [-0.39, 0.29) is 0 Å². The molecular weight excluding hydrogens is 300 g/mol. The molecular formula is C20H22N2O2. The Morgan fingerprint density at radius 1 is 0.958 bits per heavy atom. The molecule has 4 nitrogen and oxygen atoms in total. The summed E-state index contributed by atoms with van der Waals surface area (Å²) in [4.78, 5) is 15.6. The van der Waals surface area contributed by atoms with Gasteiger partial charge in [-0.05, 0) is 29.3 Å².